The van der Waals surface area contributed by atoms with Gasteiger partial charge in [-0.15, -0.1) is 0 Å². The van der Waals surface area contributed by atoms with Crippen molar-refractivity contribution >= 4 is 33.2 Å². The second kappa shape index (κ2) is 4.53. The Hall–Kier alpha value is -0.470. The first-order chi connectivity index (χ1) is 5.70. The van der Waals surface area contributed by atoms with Crippen LogP contribution in [0.1, 0.15) is 0 Å². The van der Waals surface area contributed by atoms with Crippen molar-refractivity contribution in [3.63, 3.8) is 0 Å². The van der Waals surface area contributed by atoms with Crippen LogP contribution in [-0.2, 0) is 0 Å². The van der Waals surface area contributed by atoms with Crippen molar-refractivity contribution in [2.45, 2.75) is 0 Å². The maximum atomic E-state index is 5.90. The molecule has 1 rings (SSSR count). The normalized spacial score (nSPS) is 9.50. The summed E-state index contributed by atoms with van der Waals surface area (Å²) in [5.41, 5.74) is 0.930. The molecule has 0 aliphatic heterocycles. The van der Waals surface area contributed by atoms with Crippen LogP contribution in [0.4, 0.5) is 5.69 Å². The molecule has 1 N–H and O–H groups in total. The van der Waals surface area contributed by atoms with Crippen molar-refractivity contribution in [1.82, 2.24) is 0 Å². The number of halogens is 2. The average molecular weight is 247 g/mol. The van der Waals surface area contributed by atoms with E-state index in [4.69, 9.17) is 11.6 Å². The van der Waals surface area contributed by atoms with Crippen LogP contribution in [0.2, 0.25) is 5.02 Å². The fraction of sp³-hybridized carbons (Fsp3) is 0.111. The molecular formula is C9H9BrClN. The molecule has 0 aliphatic rings. The third-order valence-electron chi connectivity index (χ3n) is 1.34. The Morgan fingerprint density at radius 1 is 1.50 bits per heavy atom. The number of benzene rings is 1. The van der Waals surface area contributed by atoms with Crippen molar-refractivity contribution in [1.29, 1.82) is 0 Å². The molecule has 1 nitrogen and oxygen atoms in total. The maximum absolute atomic E-state index is 5.90. The molecule has 1 aromatic rings. The minimum atomic E-state index is 0.684. The summed E-state index contributed by atoms with van der Waals surface area (Å²) in [4.78, 5) is 0. The fourth-order valence-corrected chi connectivity index (χ4v) is 1.14. The van der Waals surface area contributed by atoms with Gasteiger partial charge in [0.1, 0.15) is 0 Å². The Morgan fingerprint density at radius 3 is 2.75 bits per heavy atom. The summed E-state index contributed by atoms with van der Waals surface area (Å²) < 4.78 is 0.905. The predicted octanol–water partition coefficient (Wildman–Crippen LogP) is 3.66. The first-order valence-corrected chi connectivity index (χ1v) is 4.69. The molecule has 0 bridgehead atoms. The summed E-state index contributed by atoms with van der Waals surface area (Å²) in [5.74, 6) is 0. The van der Waals surface area contributed by atoms with E-state index >= 15 is 0 Å². The van der Waals surface area contributed by atoms with E-state index in [0.29, 0.717) is 6.54 Å². The van der Waals surface area contributed by atoms with Crippen molar-refractivity contribution < 1.29 is 0 Å². The van der Waals surface area contributed by atoms with E-state index < -0.39 is 0 Å². The van der Waals surface area contributed by atoms with Crippen LogP contribution in [0, 0.1) is 0 Å². The van der Waals surface area contributed by atoms with Crippen LogP contribution in [-0.4, -0.2) is 6.54 Å². The number of hydrogen-bond donors (Lipinski definition) is 1. The van der Waals surface area contributed by atoms with Crippen molar-refractivity contribution in [3.8, 4) is 0 Å². The first-order valence-electron chi connectivity index (χ1n) is 3.52. The smallest absolute Gasteiger partial charge is 0.0637 e. The Balaban J connectivity index is 2.63. The van der Waals surface area contributed by atoms with Crippen molar-refractivity contribution in [2.75, 3.05) is 11.9 Å². The Bertz CT molecular complexity index is 286. The molecule has 0 aliphatic carbocycles. The maximum Gasteiger partial charge on any atom is 0.0637 e. The average Bonchev–Trinajstić information content (AvgIpc) is 2.03. The van der Waals surface area contributed by atoms with E-state index in [9.17, 15) is 0 Å². The molecule has 0 spiro atoms. The van der Waals surface area contributed by atoms with E-state index in [1.54, 1.807) is 0 Å². The second-order valence-corrected chi connectivity index (χ2v) is 3.88. The van der Waals surface area contributed by atoms with Gasteiger partial charge in [-0.05, 0) is 12.1 Å². The monoisotopic (exact) mass is 245 g/mol. The van der Waals surface area contributed by atoms with Crippen LogP contribution in [0.25, 0.3) is 0 Å². The highest BCUT2D eigenvalue weighted by atomic mass is 79.9. The van der Waals surface area contributed by atoms with E-state index in [2.05, 4.69) is 27.8 Å². The van der Waals surface area contributed by atoms with E-state index in [0.717, 1.165) is 15.2 Å². The fourth-order valence-electron chi connectivity index (χ4n) is 0.796. The van der Waals surface area contributed by atoms with Crippen LogP contribution >= 0.6 is 27.5 Å². The molecule has 0 saturated carbocycles. The Labute approximate surface area is 85.6 Å². The molecule has 0 fully saturated rings. The number of nitrogens with one attached hydrogen (secondary N) is 1. The summed E-state index contributed by atoms with van der Waals surface area (Å²) in [7, 11) is 0. The van der Waals surface area contributed by atoms with Gasteiger partial charge >= 0.3 is 0 Å². The summed E-state index contributed by atoms with van der Waals surface area (Å²) in [6.07, 6.45) is 0. The van der Waals surface area contributed by atoms with Crippen LogP contribution in [0.15, 0.2) is 35.3 Å². The minimum Gasteiger partial charge on any atom is -0.379 e. The van der Waals surface area contributed by atoms with Crippen molar-refractivity contribution in [3.05, 3.63) is 40.3 Å². The number of anilines is 1. The molecule has 0 aromatic heterocycles. The minimum absolute atomic E-state index is 0.684. The molecule has 1 aromatic carbocycles. The number of rotatable bonds is 3. The molecule has 0 saturated heterocycles. The molecule has 12 heavy (non-hydrogen) atoms. The van der Waals surface area contributed by atoms with Gasteiger partial charge in [0.05, 0.1) is 10.7 Å². The largest absolute Gasteiger partial charge is 0.379 e. The lowest BCUT2D eigenvalue weighted by molar-refractivity contribution is 1.33. The highest BCUT2D eigenvalue weighted by Crippen LogP contribution is 2.20. The number of hydrogen-bond acceptors (Lipinski definition) is 1. The predicted molar refractivity (Wildman–Crippen MR) is 58.0 cm³/mol. The Kier molecular flexibility index (Phi) is 3.63. The highest BCUT2D eigenvalue weighted by Gasteiger charge is 1.96. The van der Waals surface area contributed by atoms with Gasteiger partial charge in [0.2, 0.25) is 0 Å². The lowest BCUT2D eigenvalue weighted by atomic mass is 10.3. The van der Waals surface area contributed by atoms with E-state index in [1.807, 2.05) is 24.3 Å². The molecule has 0 radical (unpaired) electrons. The zero-order valence-electron chi connectivity index (χ0n) is 6.48. The van der Waals surface area contributed by atoms with Gasteiger partial charge < -0.3 is 5.32 Å². The topological polar surface area (TPSA) is 12.0 Å². The second-order valence-electron chi connectivity index (χ2n) is 2.35. The summed E-state index contributed by atoms with van der Waals surface area (Å²) in [6, 6.07) is 7.61. The van der Waals surface area contributed by atoms with E-state index in [1.165, 1.54) is 0 Å². The zero-order chi connectivity index (χ0) is 8.97. The molecular weight excluding hydrogens is 237 g/mol. The quantitative estimate of drug-likeness (QED) is 0.858. The molecule has 0 unspecified atom stereocenters. The van der Waals surface area contributed by atoms with Gasteiger partial charge in [0.15, 0.2) is 0 Å². The van der Waals surface area contributed by atoms with Gasteiger partial charge in [-0.1, -0.05) is 46.2 Å². The molecule has 0 atom stereocenters. The standard InChI is InChI=1S/C9H9BrClN/c1-7(10)6-12-9-5-3-2-4-8(9)11/h2-5,12H,1,6H2. The molecule has 64 valence electrons. The molecule has 0 amide bonds. The molecule has 3 heteroatoms. The molecule has 0 heterocycles. The lowest BCUT2D eigenvalue weighted by Crippen LogP contribution is -2.00. The van der Waals surface area contributed by atoms with Crippen LogP contribution in [0.3, 0.4) is 0 Å². The first kappa shape index (κ1) is 9.62. The van der Waals surface area contributed by atoms with Gasteiger partial charge in [-0.3, -0.25) is 0 Å². The van der Waals surface area contributed by atoms with Crippen LogP contribution in [0.5, 0.6) is 0 Å². The van der Waals surface area contributed by atoms with E-state index in [-0.39, 0.29) is 0 Å². The van der Waals surface area contributed by atoms with Gasteiger partial charge in [0.25, 0.3) is 0 Å². The third kappa shape index (κ3) is 2.88. The SMILES string of the molecule is C=C(Br)CNc1ccccc1Cl. The van der Waals surface area contributed by atoms with Gasteiger partial charge in [-0.25, -0.2) is 0 Å². The van der Waals surface area contributed by atoms with Gasteiger partial charge in [-0.2, -0.15) is 0 Å². The lowest BCUT2D eigenvalue weighted by Gasteiger charge is -2.05. The summed E-state index contributed by atoms with van der Waals surface area (Å²) in [6.45, 7) is 4.40. The summed E-state index contributed by atoms with van der Waals surface area (Å²) in [5, 5.41) is 3.86. The summed E-state index contributed by atoms with van der Waals surface area (Å²) >= 11 is 9.16. The number of para-hydroxylation sites is 1. The zero-order valence-corrected chi connectivity index (χ0v) is 8.82. The third-order valence-corrected chi connectivity index (χ3v) is 1.95. The van der Waals surface area contributed by atoms with Crippen LogP contribution < -0.4 is 5.32 Å². The highest BCUT2D eigenvalue weighted by molar-refractivity contribution is 9.11. The van der Waals surface area contributed by atoms with Crippen molar-refractivity contribution in [2.24, 2.45) is 0 Å². The van der Waals surface area contributed by atoms with Gasteiger partial charge in [0, 0.05) is 11.0 Å². The Morgan fingerprint density at radius 2 is 2.17 bits per heavy atom.